The molecule has 6 nitrogen and oxygen atoms in total. The van der Waals surface area contributed by atoms with Gasteiger partial charge in [-0.2, -0.15) is 8.75 Å². The SMILES string of the molecule is COc1ccc(C2(O)OC(=O)C(c3ccc4nsnc4c3)=C2c2ccccc2C)cc1. The average molecular weight is 430 g/mol. The minimum absolute atomic E-state index is 0.308. The first-order valence-electron chi connectivity index (χ1n) is 9.65. The van der Waals surface area contributed by atoms with Crippen LogP contribution >= 0.6 is 11.7 Å². The Bertz CT molecular complexity index is 1340. The molecule has 1 unspecified atom stereocenters. The first kappa shape index (κ1) is 19.4. The molecule has 0 fully saturated rings. The van der Waals surface area contributed by atoms with E-state index in [0.29, 0.717) is 33.5 Å². The minimum atomic E-state index is -1.94. The molecule has 0 bridgehead atoms. The zero-order chi connectivity index (χ0) is 21.6. The number of benzene rings is 3. The lowest BCUT2D eigenvalue weighted by Crippen LogP contribution is -2.28. The van der Waals surface area contributed by atoms with E-state index in [2.05, 4.69) is 8.75 Å². The second-order valence-corrected chi connectivity index (χ2v) is 7.82. The number of cyclic esters (lactones) is 1. The van der Waals surface area contributed by atoms with Crippen LogP contribution < -0.4 is 4.74 Å². The lowest BCUT2D eigenvalue weighted by Gasteiger charge is -2.26. The summed E-state index contributed by atoms with van der Waals surface area (Å²) in [6.45, 7) is 1.94. The zero-order valence-electron chi connectivity index (χ0n) is 16.8. The van der Waals surface area contributed by atoms with Crippen molar-refractivity contribution < 1.29 is 19.4 Å². The molecule has 5 rings (SSSR count). The van der Waals surface area contributed by atoms with Gasteiger partial charge in [-0.3, -0.25) is 0 Å². The van der Waals surface area contributed by atoms with E-state index < -0.39 is 11.8 Å². The van der Waals surface area contributed by atoms with Gasteiger partial charge in [0.2, 0.25) is 0 Å². The van der Waals surface area contributed by atoms with Gasteiger partial charge >= 0.3 is 5.97 Å². The van der Waals surface area contributed by atoms with Crippen molar-refractivity contribution in [1.82, 2.24) is 8.75 Å². The van der Waals surface area contributed by atoms with Crippen LogP contribution in [0, 0.1) is 6.92 Å². The molecule has 3 aromatic carbocycles. The molecule has 1 aliphatic rings. The molecule has 31 heavy (non-hydrogen) atoms. The lowest BCUT2D eigenvalue weighted by atomic mass is 9.85. The normalized spacial score (nSPS) is 18.5. The molecule has 0 amide bonds. The summed E-state index contributed by atoms with van der Waals surface area (Å²) in [5.74, 6) is -1.90. The Balaban J connectivity index is 1.79. The van der Waals surface area contributed by atoms with Gasteiger partial charge in [0.25, 0.3) is 5.79 Å². The van der Waals surface area contributed by atoms with Crippen molar-refractivity contribution in [3.63, 3.8) is 0 Å². The van der Waals surface area contributed by atoms with E-state index in [4.69, 9.17) is 9.47 Å². The third-order valence-corrected chi connectivity index (χ3v) is 6.03. The summed E-state index contributed by atoms with van der Waals surface area (Å²) in [7, 11) is 1.57. The molecular weight excluding hydrogens is 412 g/mol. The number of esters is 1. The molecule has 1 atom stereocenters. The number of aryl methyl sites for hydroxylation is 1. The number of ether oxygens (including phenoxy) is 2. The van der Waals surface area contributed by atoms with Gasteiger partial charge in [-0.05, 0) is 60.0 Å². The molecule has 1 N–H and O–H groups in total. The molecule has 154 valence electrons. The fourth-order valence-electron chi connectivity index (χ4n) is 3.90. The summed E-state index contributed by atoms with van der Waals surface area (Å²) >= 11 is 1.11. The van der Waals surface area contributed by atoms with Crippen LogP contribution in [0.4, 0.5) is 0 Å². The summed E-state index contributed by atoms with van der Waals surface area (Å²) in [4.78, 5) is 13.2. The van der Waals surface area contributed by atoms with Crippen LogP contribution in [0.2, 0.25) is 0 Å². The highest BCUT2D eigenvalue weighted by Gasteiger charge is 2.49. The number of nitrogens with zero attached hydrogens (tertiary/aromatic N) is 2. The number of aromatic nitrogens is 2. The minimum Gasteiger partial charge on any atom is -0.497 e. The number of hydrogen-bond acceptors (Lipinski definition) is 7. The molecule has 0 saturated heterocycles. The molecule has 0 aliphatic carbocycles. The quantitative estimate of drug-likeness (QED) is 0.486. The van der Waals surface area contributed by atoms with Crippen LogP contribution in [0.15, 0.2) is 66.7 Å². The Morgan fingerprint density at radius 2 is 1.74 bits per heavy atom. The number of rotatable bonds is 4. The highest BCUT2D eigenvalue weighted by atomic mass is 32.1. The molecular formula is C24H18N2O4S. The van der Waals surface area contributed by atoms with Crippen molar-refractivity contribution in [2.24, 2.45) is 0 Å². The predicted molar refractivity (Wildman–Crippen MR) is 118 cm³/mol. The molecule has 1 aliphatic heterocycles. The maximum Gasteiger partial charge on any atom is 0.342 e. The van der Waals surface area contributed by atoms with Gasteiger partial charge < -0.3 is 14.6 Å². The van der Waals surface area contributed by atoms with E-state index in [9.17, 15) is 9.90 Å². The highest BCUT2D eigenvalue weighted by molar-refractivity contribution is 7.00. The summed E-state index contributed by atoms with van der Waals surface area (Å²) in [5.41, 5.74) is 4.86. The van der Waals surface area contributed by atoms with Gasteiger partial charge in [0, 0.05) is 5.56 Å². The summed E-state index contributed by atoms with van der Waals surface area (Å²) in [5, 5.41) is 11.8. The summed E-state index contributed by atoms with van der Waals surface area (Å²) in [6, 6.07) is 19.9. The van der Waals surface area contributed by atoms with Crippen LogP contribution in [0.25, 0.3) is 22.2 Å². The fourth-order valence-corrected chi connectivity index (χ4v) is 4.42. The van der Waals surface area contributed by atoms with E-state index in [1.807, 2.05) is 37.3 Å². The number of methoxy groups -OCH3 is 1. The van der Waals surface area contributed by atoms with Crippen molar-refractivity contribution in [1.29, 1.82) is 0 Å². The number of aliphatic hydroxyl groups is 1. The van der Waals surface area contributed by atoms with Crippen LogP contribution in [-0.4, -0.2) is 26.9 Å². The van der Waals surface area contributed by atoms with Gasteiger partial charge in [0.15, 0.2) is 0 Å². The Morgan fingerprint density at radius 3 is 2.48 bits per heavy atom. The third-order valence-electron chi connectivity index (χ3n) is 5.47. The summed E-state index contributed by atoms with van der Waals surface area (Å²) in [6.07, 6.45) is 0. The molecule has 0 saturated carbocycles. The van der Waals surface area contributed by atoms with Crippen molar-refractivity contribution in [2.75, 3.05) is 7.11 Å². The largest absolute Gasteiger partial charge is 0.497 e. The topological polar surface area (TPSA) is 81.5 Å². The summed E-state index contributed by atoms with van der Waals surface area (Å²) < 4.78 is 19.4. The smallest absolute Gasteiger partial charge is 0.342 e. The molecule has 7 heteroatoms. The molecule has 4 aromatic rings. The van der Waals surface area contributed by atoms with Gasteiger partial charge in [0.1, 0.15) is 16.8 Å². The van der Waals surface area contributed by atoms with Gasteiger partial charge in [-0.25, -0.2) is 4.79 Å². The van der Waals surface area contributed by atoms with Crippen molar-refractivity contribution >= 4 is 39.9 Å². The third kappa shape index (κ3) is 3.10. The average Bonchev–Trinajstić information content (AvgIpc) is 3.35. The Hall–Kier alpha value is -3.55. The highest BCUT2D eigenvalue weighted by Crippen LogP contribution is 2.49. The van der Waals surface area contributed by atoms with Crippen LogP contribution in [0.3, 0.4) is 0 Å². The Labute approximate surface area is 182 Å². The number of carbonyl (C=O) groups excluding carboxylic acids is 1. The van der Waals surface area contributed by atoms with Crippen LogP contribution in [0.1, 0.15) is 22.3 Å². The van der Waals surface area contributed by atoms with E-state index in [-0.39, 0.29) is 0 Å². The van der Waals surface area contributed by atoms with Gasteiger partial charge in [-0.15, -0.1) is 0 Å². The predicted octanol–water partition coefficient (Wildman–Crippen LogP) is 4.32. The van der Waals surface area contributed by atoms with E-state index >= 15 is 0 Å². The maximum atomic E-state index is 13.2. The maximum absolute atomic E-state index is 13.2. The van der Waals surface area contributed by atoms with Crippen LogP contribution in [0.5, 0.6) is 5.75 Å². The molecule has 1 aromatic heterocycles. The van der Waals surface area contributed by atoms with Gasteiger partial charge in [0.05, 0.1) is 30.0 Å². The number of fused-ring (bicyclic) bond motifs is 1. The van der Waals surface area contributed by atoms with E-state index in [1.165, 1.54) is 0 Å². The standard InChI is InChI=1S/C24H18N2O4S/c1-14-5-3-4-6-18(14)22-21(15-7-12-19-20(13-15)26-31-25-19)23(27)30-24(22,28)16-8-10-17(29-2)11-9-16/h3-13,28H,1-2H3. The molecule has 0 radical (unpaired) electrons. The van der Waals surface area contributed by atoms with Crippen molar-refractivity contribution in [3.05, 3.63) is 89.0 Å². The second-order valence-electron chi connectivity index (χ2n) is 7.29. The molecule has 2 heterocycles. The van der Waals surface area contributed by atoms with Crippen molar-refractivity contribution in [3.8, 4) is 5.75 Å². The number of hydrogen-bond donors (Lipinski definition) is 1. The Morgan fingerprint density at radius 1 is 1.00 bits per heavy atom. The Kier molecular flexibility index (Phi) is 4.57. The fraction of sp³-hybridized carbons (Fsp3) is 0.125. The van der Waals surface area contributed by atoms with Crippen LogP contribution in [-0.2, 0) is 15.3 Å². The second kappa shape index (κ2) is 7.30. The van der Waals surface area contributed by atoms with Crippen molar-refractivity contribution in [2.45, 2.75) is 12.7 Å². The first-order valence-corrected chi connectivity index (χ1v) is 10.4. The monoisotopic (exact) mass is 430 g/mol. The van der Waals surface area contributed by atoms with Gasteiger partial charge in [-0.1, -0.05) is 30.3 Å². The first-order chi connectivity index (χ1) is 15.0. The van der Waals surface area contributed by atoms with E-state index in [0.717, 1.165) is 28.4 Å². The number of carbonyl (C=O) groups is 1. The zero-order valence-corrected chi connectivity index (χ0v) is 17.6. The molecule has 0 spiro atoms. The lowest BCUT2D eigenvalue weighted by molar-refractivity contribution is -0.178. The van der Waals surface area contributed by atoms with E-state index in [1.54, 1.807) is 43.5 Å².